The molecule has 4 rings (SSSR count). The number of para-hydroxylation sites is 1. The maximum atomic E-state index is 12.5. The van der Waals surface area contributed by atoms with E-state index in [1.807, 2.05) is 27.9 Å². The summed E-state index contributed by atoms with van der Waals surface area (Å²) in [4.78, 5) is 16.8. The Morgan fingerprint density at radius 2 is 2.13 bits per heavy atom. The fourth-order valence-electron chi connectivity index (χ4n) is 3.51. The fraction of sp³-hybridized carbons (Fsp3) is 0.444. The molecular formula is C18H22N4O. The van der Waals surface area contributed by atoms with Crippen molar-refractivity contribution in [2.75, 3.05) is 31.1 Å². The average molecular weight is 310 g/mol. The zero-order valence-corrected chi connectivity index (χ0v) is 13.5. The number of rotatable bonds is 4. The average Bonchev–Trinajstić information content (AvgIpc) is 3.12. The first kappa shape index (κ1) is 14.5. The first-order chi connectivity index (χ1) is 11.2. The van der Waals surface area contributed by atoms with Gasteiger partial charge in [-0.05, 0) is 30.5 Å². The van der Waals surface area contributed by atoms with Crippen LogP contribution in [0.2, 0.25) is 0 Å². The predicted molar refractivity (Wildman–Crippen MR) is 89.6 cm³/mol. The number of aromatic nitrogens is 2. The molecule has 2 aromatic rings. The van der Waals surface area contributed by atoms with Crippen LogP contribution in [0, 0.1) is 6.92 Å². The largest absolute Gasteiger partial charge is 0.312 e. The molecule has 0 radical (unpaired) electrons. The second kappa shape index (κ2) is 5.81. The van der Waals surface area contributed by atoms with E-state index in [4.69, 9.17) is 0 Å². The van der Waals surface area contributed by atoms with E-state index in [-0.39, 0.29) is 5.91 Å². The summed E-state index contributed by atoms with van der Waals surface area (Å²) in [6.07, 6.45) is 5.57. The molecule has 0 spiro atoms. The molecule has 0 unspecified atom stereocenters. The molecule has 0 aliphatic carbocycles. The van der Waals surface area contributed by atoms with Gasteiger partial charge < -0.3 is 4.90 Å². The summed E-state index contributed by atoms with van der Waals surface area (Å²) in [5.74, 6) is 0.244. The molecule has 0 bridgehead atoms. The summed E-state index contributed by atoms with van der Waals surface area (Å²) in [6, 6.07) is 8.70. The Labute approximate surface area is 136 Å². The van der Waals surface area contributed by atoms with Gasteiger partial charge in [0.1, 0.15) is 0 Å². The lowest BCUT2D eigenvalue weighted by atomic mass is 10.1. The molecule has 2 aliphatic rings. The third-order valence-electron chi connectivity index (χ3n) is 4.87. The molecular weight excluding hydrogens is 288 g/mol. The number of carbonyl (C=O) groups is 1. The zero-order chi connectivity index (χ0) is 15.8. The second-order valence-electron chi connectivity index (χ2n) is 6.59. The molecule has 1 amide bonds. The van der Waals surface area contributed by atoms with Crippen LogP contribution in [0.3, 0.4) is 0 Å². The van der Waals surface area contributed by atoms with Crippen molar-refractivity contribution in [2.45, 2.75) is 25.8 Å². The predicted octanol–water partition coefficient (Wildman–Crippen LogP) is 2.03. The van der Waals surface area contributed by atoms with Crippen LogP contribution in [0.4, 0.5) is 5.69 Å². The fourth-order valence-corrected chi connectivity index (χ4v) is 3.51. The normalized spacial score (nSPS) is 18.0. The number of aryl methyl sites for hydroxylation is 1. The van der Waals surface area contributed by atoms with Crippen molar-refractivity contribution in [2.24, 2.45) is 0 Å². The molecule has 0 atom stereocenters. The van der Waals surface area contributed by atoms with E-state index in [0.29, 0.717) is 12.5 Å². The number of anilines is 1. The van der Waals surface area contributed by atoms with Gasteiger partial charge in [0.25, 0.3) is 0 Å². The molecule has 5 heteroatoms. The molecule has 1 aromatic heterocycles. The van der Waals surface area contributed by atoms with Crippen molar-refractivity contribution >= 4 is 11.6 Å². The van der Waals surface area contributed by atoms with Crippen LogP contribution in [0.1, 0.15) is 23.6 Å². The molecule has 0 N–H and O–H groups in total. The smallest absolute Gasteiger partial charge is 0.228 e. The summed E-state index contributed by atoms with van der Waals surface area (Å²) >= 11 is 0. The van der Waals surface area contributed by atoms with Crippen molar-refractivity contribution in [1.29, 1.82) is 0 Å². The van der Waals surface area contributed by atoms with Gasteiger partial charge in [-0.3, -0.25) is 14.4 Å². The van der Waals surface area contributed by atoms with Crippen LogP contribution in [-0.2, 0) is 11.2 Å². The summed E-state index contributed by atoms with van der Waals surface area (Å²) < 4.78 is 2.05. The van der Waals surface area contributed by atoms with Crippen LogP contribution in [0.15, 0.2) is 36.7 Å². The van der Waals surface area contributed by atoms with Gasteiger partial charge in [0.05, 0.1) is 12.2 Å². The molecule has 5 nitrogen and oxygen atoms in total. The van der Waals surface area contributed by atoms with E-state index >= 15 is 0 Å². The van der Waals surface area contributed by atoms with Crippen LogP contribution in [0.5, 0.6) is 0 Å². The molecule has 3 heterocycles. The van der Waals surface area contributed by atoms with Crippen LogP contribution < -0.4 is 4.90 Å². The third-order valence-corrected chi connectivity index (χ3v) is 4.87. The topological polar surface area (TPSA) is 41.4 Å². The maximum absolute atomic E-state index is 12.5. The van der Waals surface area contributed by atoms with Crippen molar-refractivity contribution < 1.29 is 4.79 Å². The lowest BCUT2D eigenvalue weighted by Crippen LogP contribution is -2.49. The number of fused-ring (bicyclic) bond motifs is 1. The molecule has 1 aromatic carbocycles. The highest BCUT2D eigenvalue weighted by molar-refractivity contribution is 5.95. The Kier molecular flexibility index (Phi) is 3.65. The standard InChI is InChI=1S/C18H22N4O/c1-14-10-19-22(11-14)16-12-20(13-16)8-7-18(23)21-9-6-15-4-2-3-5-17(15)21/h2-5,10-11,16H,6-9,12-13H2,1H3. The Bertz CT molecular complexity index is 717. The Morgan fingerprint density at radius 3 is 2.91 bits per heavy atom. The number of likely N-dealkylation sites (tertiary alicyclic amines) is 1. The SMILES string of the molecule is Cc1cnn(C2CN(CCC(=O)N3CCc4ccccc43)C2)c1. The van der Waals surface area contributed by atoms with E-state index in [2.05, 4.69) is 35.3 Å². The minimum absolute atomic E-state index is 0.244. The summed E-state index contributed by atoms with van der Waals surface area (Å²) in [7, 11) is 0. The molecule has 2 aliphatic heterocycles. The summed E-state index contributed by atoms with van der Waals surface area (Å²) in [5, 5.41) is 4.37. The molecule has 1 fully saturated rings. The number of carbonyl (C=O) groups excluding carboxylic acids is 1. The quantitative estimate of drug-likeness (QED) is 0.867. The van der Waals surface area contributed by atoms with E-state index in [1.54, 1.807) is 0 Å². The van der Waals surface area contributed by atoms with Gasteiger partial charge in [-0.2, -0.15) is 5.10 Å². The van der Waals surface area contributed by atoms with E-state index in [0.717, 1.165) is 38.3 Å². The lowest BCUT2D eigenvalue weighted by molar-refractivity contribution is -0.119. The van der Waals surface area contributed by atoms with E-state index in [1.165, 1.54) is 11.1 Å². The first-order valence-electron chi connectivity index (χ1n) is 8.32. The highest BCUT2D eigenvalue weighted by Gasteiger charge is 2.30. The Balaban J connectivity index is 1.27. The van der Waals surface area contributed by atoms with Gasteiger partial charge in [0.15, 0.2) is 0 Å². The van der Waals surface area contributed by atoms with Gasteiger partial charge in [0.2, 0.25) is 5.91 Å². The van der Waals surface area contributed by atoms with Crippen molar-refractivity contribution in [3.8, 4) is 0 Å². The molecule has 1 saturated heterocycles. The van der Waals surface area contributed by atoms with Crippen LogP contribution >= 0.6 is 0 Å². The molecule has 120 valence electrons. The Morgan fingerprint density at radius 1 is 1.30 bits per heavy atom. The van der Waals surface area contributed by atoms with Gasteiger partial charge in [0, 0.05) is 44.5 Å². The van der Waals surface area contributed by atoms with Crippen LogP contribution in [-0.4, -0.2) is 46.8 Å². The van der Waals surface area contributed by atoms with Gasteiger partial charge >= 0.3 is 0 Å². The van der Waals surface area contributed by atoms with Gasteiger partial charge in [-0.15, -0.1) is 0 Å². The highest BCUT2D eigenvalue weighted by Crippen LogP contribution is 2.28. The van der Waals surface area contributed by atoms with Gasteiger partial charge in [-0.1, -0.05) is 18.2 Å². The number of hydrogen-bond donors (Lipinski definition) is 0. The van der Waals surface area contributed by atoms with Gasteiger partial charge in [-0.25, -0.2) is 0 Å². The van der Waals surface area contributed by atoms with Crippen LogP contribution in [0.25, 0.3) is 0 Å². The summed E-state index contributed by atoms with van der Waals surface area (Å²) in [6.45, 7) is 5.71. The number of nitrogens with zero attached hydrogens (tertiary/aromatic N) is 4. The highest BCUT2D eigenvalue weighted by atomic mass is 16.2. The maximum Gasteiger partial charge on any atom is 0.228 e. The second-order valence-corrected chi connectivity index (χ2v) is 6.59. The van der Waals surface area contributed by atoms with Crippen molar-refractivity contribution in [3.05, 3.63) is 47.8 Å². The van der Waals surface area contributed by atoms with E-state index < -0.39 is 0 Å². The molecule has 0 saturated carbocycles. The first-order valence-corrected chi connectivity index (χ1v) is 8.32. The number of amides is 1. The van der Waals surface area contributed by atoms with Crippen molar-refractivity contribution in [1.82, 2.24) is 14.7 Å². The van der Waals surface area contributed by atoms with E-state index in [9.17, 15) is 4.79 Å². The third kappa shape index (κ3) is 2.77. The zero-order valence-electron chi connectivity index (χ0n) is 13.5. The summed E-state index contributed by atoms with van der Waals surface area (Å²) in [5.41, 5.74) is 3.59. The number of benzene rings is 1. The lowest BCUT2D eigenvalue weighted by Gasteiger charge is -2.39. The minimum Gasteiger partial charge on any atom is -0.312 e. The Hall–Kier alpha value is -2.14. The number of hydrogen-bond acceptors (Lipinski definition) is 3. The monoisotopic (exact) mass is 310 g/mol. The van der Waals surface area contributed by atoms with Crippen molar-refractivity contribution in [3.63, 3.8) is 0 Å². The molecule has 23 heavy (non-hydrogen) atoms. The minimum atomic E-state index is 0.244.